The third-order valence-corrected chi connectivity index (χ3v) is 1.62. The summed E-state index contributed by atoms with van der Waals surface area (Å²) < 4.78 is 10.4. The quantitative estimate of drug-likeness (QED) is 0.669. The maximum absolute atomic E-state index is 11.4. The molecule has 0 bridgehead atoms. The number of ether oxygens (including phenoxy) is 2. The number of carbonyl (C=O) groups is 1. The molecule has 3 heteroatoms. The fourth-order valence-corrected chi connectivity index (χ4v) is 0.965. The van der Waals surface area contributed by atoms with Gasteiger partial charge in [-0.3, -0.25) is 4.79 Å². The van der Waals surface area contributed by atoms with Gasteiger partial charge in [-0.15, -0.1) is 0 Å². The first kappa shape index (κ1) is 10.3. The second-order valence-corrected chi connectivity index (χ2v) is 4.03. The molecule has 1 aliphatic rings. The van der Waals surface area contributed by atoms with Crippen LogP contribution in [0.25, 0.3) is 0 Å². The molecular formula is C10H16O3. The smallest absolute Gasteiger partial charge is 0.222 e. The van der Waals surface area contributed by atoms with Crippen LogP contribution in [0, 0.1) is 0 Å². The van der Waals surface area contributed by atoms with E-state index < -0.39 is 0 Å². The van der Waals surface area contributed by atoms with Crippen LogP contribution in [-0.4, -0.2) is 24.6 Å². The second-order valence-electron chi connectivity index (χ2n) is 4.03. The molecule has 0 aromatic rings. The minimum Gasteiger partial charge on any atom is -0.490 e. The van der Waals surface area contributed by atoms with E-state index in [1.165, 1.54) is 0 Å². The first-order valence-corrected chi connectivity index (χ1v) is 4.49. The van der Waals surface area contributed by atoms with Crippen molar-refractivity contribution in [2.45, 2.75) is 32.8 Å². The van der Waals surface area contributed by atoms with Gasteiger partial charge in [-0.1, -0.05) is 0 Å². The SMILES string of the molecule is CC(C)(C)OCC(=O)C1=CCCO1. The van der Waals surface area contributed by atoms with Crippen molar-refractivity contribution in [3.05, 3.63) is 11.8 Å². The predicted molar refractivity (Wildman–Crippen MR) is 49.4 cm³/mol. The Balaban J connectivity index is 2.33. The highest BCUT2D eigenvalue weighted by atomic mass is 16.5. The van der Waals surface area contributed by atoms with Gasteiger partial charge in [-0.2, -0.15) is 0 Å². The summed E-state index contributed by atoms with van der Waals surface area (Å²) in [5.74, 6) is 0.400. The zero-order valence-electron chi connectivity index (χ0n) is 8.42. The average Bonchev–Trinajstić information content (AvgIpc) is 2.50. The van der Waals surface area contributed by atoms with Crippen molar-refractivity contribution in [3.63, 3.8) is 0 Å². The van der Waals surface area contributed by atoms with Gasteiger partial charge in [0.05, 0.1) is 12.2 Å². The molecule has 3 nitrogen and oxygen atoms in total. The summed E-state index contributed by atoms with van der Waals surface area (Å²) in [4.78, 5) is 11.4. The standard InChI is InChI=1S/C10H16O3/c1-10(2,3)13-7-8(11)9-5-4-6-12-9/h5H,4,6-7H2,1-3H3. The minimum atomic E-state index is -0.269. The van der Waals surface area contributed by atoms with Crippen molar-refractivity contribution in [3.8, 4) is 0 Å². The molecule has 0 atom stereocenters. The summed E-state index contributed by atoms with van der Waals surface area (Å²) in [6, 6.07) is 0. The van der Waals surface area contributed by atoms with E-state index in [1.807, 2.05) is 26.8 Å². The summed E-state index contributed by atoms with van der Waals surface area (Å²) in [5, 5.41) is 0. The Labute approximate surface area is 78.7 Å². The van der Waals surface area contributed by atoms with Gasteiger partial charge in [0.2, 0.25) is 5.78 Å². The third-order valence-electron chi connectivity index (χ3n) is 1.62. The Morgan fingerprint density at radius 2 is 2.31 bits per heavy atom. The fraction of sp³-hybridized carbons (Fsp3) is 0.700. The summed E-state index contributed by atoms with van der Waals surface area (Å²) >= 11 is 0. The van der Waals surface area contributed by atoms with Gasteiger partial charge in [0.15, 0.2) is 5.76 Å². The van der Waals surface area contributed by atoms with Gasteiger partial charge in [0, 0.05) is 6.42 Å². The molecule has 0 amide bonds. The molecule has 0 unspecified atom stereocenters. The van der Waals surface area contributed by atoms with E-state index in [4.69, 9.17) is 9.47 Å². The van der Waals surface area contributed by atoms with Crippen LogP contribution in [0.15, 0.2) is 11.8 Å². The molecule has 0 N–H and O–H groups in total. The maximum Gasteiger partial charge on any atom is 0.222 e. The molecule has 74 valence electrons. The number of hydrogen-bond acceptors (Lipinski definition) is 3. The highest BCUT2D eigenvalue weighted by Crippen LogP contribution is 2.12. The molecule has 1 heterocycles. The van der Waals surface area contributed by atoms with E-state index in [-0.39, 0.29) is 18.0 Å². The number of ketones is 1. The second kappa shape index (κ2) is 3.92. The average molecular weight is 184 g/mol. The van der Waals surface area contributed by atoms with Gasteiger partial charge in [0.25, 0.3) is 0 Å². The lowest BCUT2D eigenvalue weighted by Gasteiger charge is -2.18. The van der Waals surface area contributed by atoms with Gasteiger partial charge in [0.1, 0.15) is 6.61 Å². The molecule has 0 aromatic carbocycles. The topological polar surface area (TPSA) is 35.5 Å². The Morgan fingerprint density at radius 3 is 2.77 bits per heavy atom. The Bertz CT molecular complexity index is 223. The molecule has 13 heavy (non-hydrogen) atoms. The summed E-state index contributed by atoms with van der Waals surface area (Å²) in [5.41, 5.74) is -0.269. The van der Waals surface area contributed by atoms with Crippen molar-refractivity contribution in [1.29, 1.82) is 0 Å². The van der Waals surface area contributed by atoms with Crippen molar-refractivity contribution in [1.82, 2.24) is 0 Å². The Hall–Kier alpha value is -0.830. The molecule has 1 aliphatic heterocycles. The number of Topliss-reactive ketones (excluding diaryl/α,β-unsaturated/α-hetero) is 1. The molecular weight excluding hydrogens is 168 g/mol. The normalized spacial score (nSPS) is 16.7. The van der Waals surface area contributed by atoms with Crippen molar-refractivity contribution in [2.75, 3.05) is 13.2 Å². The first-order chi connectivity index (χ1) is 5.99. The minimum absolute atomic E-state index is 0.0626. The van der Waals surface area contributed by atoms with Crippen LogP contribution in [0.2, 0.25) is 0 Å². The lowest BCUT2D eigenvalue weighted by atomic mass is 10.2. The summed E-state index contributed by atoms with van der Waals surface area (Å²) in [6.45, 7) is 6.49. The van der Waals surface area contributed by atoms with Gasteiger partial charge in [-0.25, -0.2) is 0 Å². The molecule has 0 fully saturated rings. The van der Waals surface area contributed by atoms with E-state index in [1.54, 1.807) is 0 Å². The number of hydrogen-bond donors (Lipinski definition) is 0. The molecule has 1 rings (SSSR count). The zero-order chi connectivity index (χ0) is 9.90. The Kier molecular flexibility index (Phi) is 3.09. The van der Waals surface area contributed by atoms with Crippen LogP contribution in [0.3, 0.4) is 0 Å². The first-order valence-electron chi connectivity index (χ1n) is 4.49. The van der Waals surface area contributed by atoms with Crippen LogP contribution in [0.1, 0.15) is 27.2 Å². The van der Waals surface area contributed by atoms with Crippen molar-refractivity contribution >= 4 is 5.78 Å². The molecule has 0 saturated heterocycles. The highest BCUT2D eigenvalue weighted by molar-refractivity contribution is 5.94. The monoisotopic (exact) mass is 184 g/mol. The van der Waals surface area contributed by atoms with E-state index in [9.17, 15) is 4.79 Å². The van der Waals surface area contributed by atoms with Crippen molar-refractivity contribution in [2.24, 2.45) is 0 Å². The summed E-state index contributed by atoms with van der Waals surface area (Å²) in [7, 11) is 0. The van der Waals surface area contributed by atoms with Gasteiger partial charge in [-0.05, 0) is 26.8 Å². The highest BCUT2D eigenvalue weighted by Gasteiger charge is 2.18. The van der Waals surface area contributed by atoms with Crippen LogP contribution in [-0.2, 0) is 14.3 Å². The van der Waals surface area contributed by atoms with Crippen LogP contribution >= 0.6 is 0 Å². The zero-order valence-corrected chi connectivity index (χ0v) is 8.42. The van der Waals surface area contributed by atoms with Crippen LogP contribution in [0.5, 0.6) is 0 Å². The van der Waals surface area contributed by atoms with Crippen molar-refractivity contribution < 1.29 is 14.3 Å². The number of carbonyl (C=O) groups excluding carboxylic acids is 1. The molecule has 0 radical (unpaired) electrons. The third kappa shape index (κ3) is 3.59. The molecule has 0 saturated carbocycles. The van der Waals surface area contributed by atoms with Gasteiger partial charge >= 0.3 is 0 Å². The Morgan fingerprint density at radius 1 is 1.62 bits per heavy atom. The van der Waals surface area contributed by atoms with E-state index in [2.05, 4.69) is 0 Å². The van der Waals surface area contributed by atoms with E-state index >= 15 is 0 Å². The fourth-order valence-electron chi connectivity index (χ4n) is 0.965. The van der Waals surface area contributed by atoms with E-state index in [0.717, 1.165) is 6.42 Å². The van der Waals surface area contributed by atoms with Gasteiger partial charge < -0.3 is 9.47 Å². The van der Waals surface area contributed by atoms with Crippen LogP contribution < -0.4 is 0 Å². The van der Waals surface area contributed by atoms with Crippen LogP contribution in [0.4, 0.5) is 0 Å². The van der Waals surface area contributed by atoms with E-state index in [0.29, 0.717) is 12.4 Å². The largest absolute Gasteiger partial charge is 0.490 e. The lowest BCUT2D eigenvalue weighted by Crippen LogP contribution is -2.24. The lowest BCUT2D eigenvalue weighted by molar-refractivity contribution is -0.127. The molecule has 0 aliphatic carbocycles. The summed E-state index contributed by atoms with van der Waals surface area (Å²) in [6.07, 6.45) is 2.64. The number of rotatable bonds is 3. The predicted octanol–water partition coefficient (Wildman–Crippen LogP) is 1.67. The maximum atomic E-state index is 11.4. The molecule has 0 spiro atoms. The molecule has 0 aromatic heterocycles.